The van der Waals surface area contributed by atoms with E-state index in [9.17, 15) is 4.79 Å². The van der Waals surface area contributed by atoms with E-state index < -0.39 is 0 Å². The normalized spacial score (nSPS) is 23.2. The zero-order chi connectivity index (χ0) is 15.6. The maximum absolute atomic E-state index is 12.9. The Morgan fingerprint density at radius 1 is 1.33 bits per heavy atom. The van der Waals surface area contributed by atoms with Crippen molar-refractivity contribution in [1.29, 1.82) is 0 Å². The molecule has 2 unspecified atom stereocenters. The second kappa shape index (κ2) is 6.18. The van der Waals surface area contributed by atoms with Gasteiger partial charge >= 0.3 is 0 Å². The number of carbonyl (C=O) groups is 1. The largest absolute Gasteiger partial charge is 0.338 e. The lowest BCUT2D eigenvalue weighted by Crippen LogP contribution is -2.45. The van der Waals surface area contributed by atoms with Crippen molar-refractivity contribution in [1.82, 2.24) is 4.90 Å². The molecule has 2 N–H and O–H groups in total. The fraction of sp³-hybridized carbons (Fsp3) is 0.611. The third-order valence-electron chi connectivity index (χ3n) is 4.67. The fourth-order valence-corrected chi connectivity index (χ4v) is 3.13. The summed E-state index contributed by atoms with van der Waals surface area (Å²) in [6, 6.07) is 7.99. The maximum atomic E-state index is 12.9. The second-order valence-electron chi connectivity index (χ2n) is 7.31. The molecule has 2 rings (SSSR count). The molecule has 1 heterocycles. The molecule has 1 aromatic carbocycles. The summed E-state index contributed by atoms with van der Waals surface area (Å²) in [5.41, 5.74) is 7.80. The van der Waals surface area contributed by atoms with Gasteiger partial charge in [-0.15, -0.1) is 0 Å². The molecule has 0 spiro atoms. The zero-order valence-electron chi connectivity index (χ0n) is 13.7. The number of benzene rings is 1. The van der Waals surface area contributed by atoms with Crippen molar-refractivity contribution in [2.45, 2.75) is 39.5 Å². The van der Waals surface area contributed by atoms with Crippen LogP contribution in [0.25, 0.3) is 0 Å². The minimum absolute atomic E-state index is 0.0252. The lowest BCUT2D eigenvalue weighted by molar-refractivity contribution is 0.0616. The highest BCUT2D eigenvalue weighted by atomic mass is 16.2. The van der Waals surface area contributed by atoms with Crippen LogP contribution in [-0.2, 0) is 5.41 Å². The van der Waals surface area contributed by atoms with Crippen LogP contribution in [0, 0.1) is 11.8 Å². The van der Waals surface area contributed by atoms with Gasteiger partial charge in [-0.1, -0.05) is 45.9 Å². The van der Waals surface area contributed by atoms with Gasteiger partial charge in [0.15, 0.2) is 0 Å². The van der Waals surface area contributed by atoms with E-state index in [0.29, 0.717) is 18.4 Å². The summed E-state index contributed by atoms with van der Waals surface area (Å²) in [6.45, 7) is 11.0. The van der Waals surface area contributed by atoms with Gasteiger partial charge in [-0.05, 0) is 41.8 Å². The van der Waals surface area contributed by atoms with Gasteiger partial charge in [0.2, 0.25) is 0 Å². The number of amides is 1. The summed E-state index contributed by atoms with van der Waals surface area (Å²) < 4.78 is 0. The van der Waals surface area contributed by atoms with Crippen molar-refractivity contribution in [2.75, 3.05) is 19.6 Å². The van der Waals surface area contributed by atoms with Gasteiger partial charge in [0, 0.05) is 18.7 Å². The lowest BCUT2D eigenvalue weighted by atomic mass is 9.82. The molecule has 2 atom stereocenters. The minimum Gasteiger partial charge on any atom is -0.338 e. The Hall–Kier alpha value is -1.35. The highest BCUT2D eigenvalue weighted by Gasteiger charge is 2.30. The third kappa shape index (κ3) is 3.46. The van der Waals surface area contributed by atoms with Crippen LogP contribution in [0.15, 0.2) is 24.3 Å². The van der Waals surface area contributed by atoms with Crippen LogP contribution in [-0.4, -0.2) is 30.4 Å². The lowest BCUT2D eigenvalue weighted by Gasteiger charge is -2.37. The number of likely N-dealkylation sites (tertiary alicyclic amines) is 1. The molecule has 0 bridgehead atoms. The molecular formula is C18H28N2O. The Balaban J connectivity index is 2.25. The van der Waals surface area contributed by atoms with E-state index in [-0.39, 0.29) is 11.3 Å². The molecule has 21 heavy (non-hydrogen) atoms. The molecule has 116 valence electrons. The minimum atomic E-state index is -0.0252. The highest BCUT2D eigenvalue weighted by molar-refractivity contribution is 5.96. The summed E-state index contributed by atoms with van der Waals surface area (Å²) in [4.78, 5) is 14.9. The Morgan fingerprint density at radius 2 is 2.00 bits per heavy atom. The average molecular weight is 288 g/mol. The first-order valence-electron chi connectivity index (χ1n) is 7.93. The standard InChI is InChI=1S/C18H28N2O/c1-13-9-10-20(12-14(13)11-19)17(21)15-7-5-6-8-16(15)18(2,3)4/h5-8,13-14H,9-12,19H2,1-4H3. The fourth-order valence-electron chi connectivity index (χ4n) is 3.13. The Labute approximate surface area is 128 Å². The van der Waals surface area contributed by atoms with Crippen LogP contribution in [0.4, 0.5) is 0 Å². The van der Waals surface area contributed by atoms with Crippen LogP contribution < -0.4 is 5.73 Å². The van der Waals surface area contributed by atoms with Crippen molar-refractivity contribution in [3.63, 3.8) is 0 Å². The number of rotatable bonds is 2. The molecule has 1 amide bonds. The van der Waals surface area contributed by atoms with E-state index in [0.717, 1.165) is 30.6 Å². The average Bonchev–Trinajstić information content (AvgIpc) is 2.46. The van der Waals surface area contributed by atoms with Crippen LogP contribution in [0.1, 0.15) is 50.0 Å². The van der Waals surface area contributed by atoms with Gasteiger partial charge < -0.3 is 10.6 Å². The molecule has 1 aromatic rings. The number of hydrogen-bond acceptors (Lipinski definition) is 2. The maximum Gasteiger partial charge on any atom is 0.254 e. The van der Waals surface area contributed by atoms with E-state index in [4.69, 9.17) is 5.73 Å². The van der Waals surface area contributed by atoms with Crippen LogP contribution >= 0.6 is 0 Å². The van der Waals surface area contributed by atoms with Gasteiger partial charge in [0.1, 0.15) is 0 Å². The number of nitrogens with zero attached hydrogens (tertiary/aromatic N) is 1. The van der Waals surface area contributed by atoms with Gasteiger partial charge in [-0.25, -0.2) is 0 Å². The number of nitrogens with two attached hydrogens (primary N) is 1. The summed E-state index contributed by atoms with van der Waals surface area (Å²) in [7, 11) is 0. The molecule has 3 nitrogen and oxygen atoms in total. The Morgan fingerprint density at radius 3 is 2.62 bits per heavy atom. The smallest absolute Gasteiger partial charge is 0.254 e. The van der Waals surface area contributed by atoms with Crippen molar-refractivity contribution in [2.24, 2.45) is 17.6 Å². The van der Waals surface area contributed by atoms with Gasteiger partial charge in [-0.3, -0.25) is 4.79 Å². The summed E-state index contributed by atoms with van der Waals surface area (Å²) in [5, 5.41) is 0. The quantitative estimate of drug-likeness (QED) is 0.909. The van der Waals surface area contributed by atoms with E-state index >= 15 is 0 Å². The van der Waals surface area contributed by atoms with Gasteiger partial charge in [0.05, 0.1) is 0 Å². The predicted molar refractivity (Wildman–Crippen MR) is 87.4 cm³/mol. The molecule has 0 radical (unpaired) electrons. The SMILES string of the molecule is CC1CCN(C(=O)c2ccccc2C(C)(C)C)CC1CN. The molecule has 0 aromatic heterocycles. The molecule has 0 saturated carbocycles. The predicted octanol–water partition coefficient (Wildman–Crippen LogP) is 3.04. The van der Waals surface area contributed by atoms with E-state index in [2.05, 4.69) is 33.8 Å². The molecule has 1 saturated heterocycles. The van der Waals surface area contributed by atoms with Crippen LogP contribution in [0.5, 0.6) is 0 Å². The van der Waals surface area contributed by atoms with Crippen molar-refractivity contribution in [3.05, 3.63) is 35.4 Å². The summed E-state index contributed by atoms with van der Waals surface area (Å²) in [6.07, 6.45) is 1.05. The molecule has 1 aliphatic rings. The first-order chi connectivity index (χ1) is 9.84. The van der Waals surface area contributed by atoms with Crippen molar-refractivity contribution < 1.29 is 4.79 Å². The molecular weight excluding hydrogens is 260 g/mol. The third-order valence-corrected chi connectivity index (χ3v) is 4.67. The van der Waals surface area contributed by atoms with Crippen molar-refractivity contribution in [3.8, 4) is 0 Å². The van der Waals surface area contributed by atoms with E-state index in [1.54, 1.807) is 0 Å². The van der Waals surface area contributed by atoms with Gasteiger partial charge in [-0.2, -0.15) is 0 Å². The molecule has 3 heteroatoms. The van der Waals surface area contributed by atoms with Crippen LogP contribution in [0.3, 0.4) is 0 Å². The topological polar surface area (TPSA) is 46.3 Å². The van der Waals surface area contributed by atoms with E-state index in [1.165, 1.54) is 0 Å². The molecule has 1 fully saturated rings. The summed E-state index contributed by atoms with van der Waals surface area (Å²) >= 11 is 0. The van der Waals surface area contributed by atoms with Crippen molar-refractivity contribution >= 4 is 5.91 Å². The number of hydrogen-bond donors (Lipinski definition) is 1. The molecule has 1 aliphatic heterocycles. The van der Waals surface area contributed by atoms with Gasteiger partial charge in [0.25, 0.3) is 5.91 Å². The monoisotopic (exact) mass is 288 g/mol. The number of piperidine rings is 1. The summed E-state index contributed by atoms with van der Waals surface area (Å²) in [5.74, 6) is 1.19. The van der Waals surface area contributed by atoms with E-state index in [1.807, 2.05) is 23.1 Å². The first kappa shape index (κ1) is 16.0. The second-order valence-corrected chi connectivity index (χ2v) is 7.31. The Kier molecular flexibility index (Phi) is 4.72. The number of carbonyl (C=O) groups excluding carboxylic acids is 1. The first-order valence-corrected chi connectivity index (χ1v) is 7.93. The Bertz CT molecular complexity index is 504. The highest BCUT2D eigenvalue weighted by Crippen LogP contribution is 2.29. The zero-order valence-corrected chi connectivity index (χ0v) is 13.7. The van der Waals surface area contributed by atoms with Crippen LogP contribution in [0.2, 0.25) is 0 Å². The molecule has 0 aliphatic carbocycles.